The second kappa shape index (κ2) is 10.9. The number of carbonyl (C=O) groups is 1. The fourth-order valence-electron chi connectivity index (χ4n) is 4.49. The highest BCUT2D eigenvalue weighted by Gasteiger charge is 2.43. The second-order valence-electron chi connectivity index (χ2n) is 9.36. The lowest BCUT2D eigenvalue weighted by molar-refractivity contribution is 0.102. The number of hydrogen-bond acceptors (Lipinski definition) is 10. The van der Waals surface area contributed by atoms with E-state index in [1.165, 1.54) is 52.4 Å². The fourth-order valence-corrected chi connectivity index (χ4v) is 6.21. The molecule has 1 aliphatic carbocycles. The molecule has 208 valence electrons. The summed E-state index contributed by atoms with van der Waals surface area (Å²) in [5, 5.41) is 12.3. The number of nitrogens with one attached hydrogen (secondary N) is 1. The van der Waals surface area contributed by atoms with Crippen molar-refractivity contribution in [3.05, 3.63) is 91.6 Å². The number of thiazole rings is 1. The third-order valence-corrected chi connectivity index (χ3v) is 8.54. The summed E-state index contributed by atoms with van der Waals surface area (Å²) in [5.41, 5.74) is 2.20. The van der Waals surface area contributed by atoms with Gasteiger partial charge in [0.15, 0.2) is 0 Å². The van der Waals surface area contributed by atoms with E-state index in [1.54, 1.807) is 36.0 Å². The molecule has 0 aliphatic heterocycles. The standard InChI is InChI=1S/C27H21F2N7O3S2/c1-13-3-4-36(23(37)5-13)22-8-14(15-7-19(24(28)29)31-10-20(15)39-2)18(9-32-22)25(38)33-27-35-34-26(41-27)17-6-16(17)21-11-30-12-40-21/h3-5,7-12,16-17,24H,6H2,1-2H3,(H,33,35,38)/t16-,17?/m0/s1. The van der Waals surface area contributed by atoms with E-state index >= 15 is 0 Å². The maximum absolute atomic E-state index is 13.6. The largest absolute Gasteiger partial charge is 0.494 e. The number of methoxy groups -OCH3 is 1. The van der Waals surface area contributed by atoms with Crippen LogP contribution in [-0.2, 0) is 0 Å². The van der Waals surface area contributed by atoms with E-state index in [9.17, 15) is 18.4 Å². The number of rotatable bonds is 8. The molecular weight excluding hydrogens is 572 g/mol. The summed E-state index contributed by atoms with van der Waals surface area (Å²) in [6.07, 6.45) is 3.95. The van der Waals surface area contributed by atoms with Crippen molar-refractivity contribution >= 4 is 33.7 Å². The van der Waals surface area contributed by atoms with Crippen LogP contribution in [0.5, 0.6) is 5.75 Å². The molecule has 5 heterocycles. The van der Waals surface area contributed by atoms with Gasteiger partial charge in [-0.25, -0.2) is 13.8 Å². The molecule has 0 radical (unpaired) electrons. The zero-order valence-electron chi connectivity index (χ0n) is 21.6. The number of hydrogen-bond donors (Lipinski definition) is 1. The maximum Gasteiger partial charge on any atom is 0.280 e. The highest BCUT2D eigenvalue weighted by molar-refractivity contribution is 7.15. The van der Waals surface area contributed by atoms with Gasteiger partial charge in [0, 0.05) is 52.5 Å². The first-order chi connectivity index (χ1) is 19.8. The van der Waals surface area contributed by atoms with Gasteiger partial charge in [0.25, 0.3) is 17.9 Å². The Bertz CT molecular complexity index is 1810. The van der Waals surface area contributed by atoms with Crippen LogP contribution in [0.3, 0.4) is 0 Å². The normalized spacial score (nSPS) is 16.1. The molecule has 0 saturated heterocycles. The number of anilines is 1. The second-order valence-corrected chi connectivity index (χ2v) is 11.3. The van der Waals surface area contributed by atoms with Crippen molar-refractivity contribution in [3.63, 3.8) is 0 Å². The fraction of sp³-hybridized carbons (Fsp3) is 0.222. The third-order valence-electron chi connectivity index (χ3n) is 6.66. The average Bonchev–Trinajstić information content (AvgIpc) is 3.32. The summed E-state index contributed by atoms with van der Waals surface area (Å²) in [4.78, 5) is 39.6. The number of ether oxygens (including phenoxy) is 1. The number of pyridine rings is 3. The Balaban J connectivity index is 1.37. The summed E-state index contributed by atoms with van der Waals surface area (Å²) in [6.45, 7) is 1.79. The van der Waals surface area contributed by atoms with E-state index in [-0.39, 0.29) is 39.7 Å². The SMILES string of the molecule is COc1cnc(C(F)F)cc1-c1cc(-n2ccc(C)cc2=O)ncc1C(=O)Nc1nnc(C2C[C@@H]2c2cncs2)s1. The van der Waals surface area contributed by atoms with Crippen LogP contribution in [0.1, 0.15) is 56.2 Å². The molecule has 6 rings (SSSR count). The molecule has 2 atom stereocenters. The Morgan fingerprint density at radius 2 is 1.98 bits per heavy atom. The predicted octanol–water partition coefficient (Wildman–Crippen LogP) is 5.38. The van der Waals surface area contributed by atoms with Crippen LogP contribution >= 0.6 is 22.7 Å². The first-order valence-electron chi connectivity index (χ1n) is 12.4. The molecule has 1 unspecified atom stereocenters. The minimum atomic E-state index is -2.85. The molecule has 0 spiro atoms. The highest BCUT2D eigenvalue weighted by Crippen LogP contribution is 2.56. The van der Waals surface area contributed by atoms with Crippen LogP contribution in [-0.4, -0.2) is 42.7 Å². The van der Waals surface area contributed by atoms with Crippen LogP contribution in [0.15, 0.2) is 59.4 Å². The molecule has 1 fully saturated rings. The number of alkyl halides is 2. The smallest absolute Gasteiger partial charge is 0.280 e. The van der Waals surface area contributed by atoms with Crippen molar-refractivity contribution in [1.29, 1.82) is 0 Å². The first kappa shape index (κ1) is 26.8. The molecule has 5 aromatic rings. The third kappa shape index (κ3) is 5.35. The maximum atomic E-state index is 13.6. The van der Waals surface area contributed by atoms with Crippen LogP contribution in [0, 0.1) is 6.92 Å². The Morgan fingerprint density at radius 1 is 1.12 bits per heavy atom. The van der Waals surface area contributed by atoms with Gasteiger partial charge in [-0.2, -0.15) is 0 Å². The molecular formula is C27H21F2N7O3S2. The quantitative estimate of drug-likeness (QED) is 0.254. The van der Waals surface area contributed by atoms with Crippen molar-refractivity contribution in [2.24, 2.45) is 0 Å². The summed E-state index contributed by atoms with van der Waals surface area (Å²) >= 11 is 2.88. The molecule has 1 aliphatic rings. The van der Waals surface area contributed by atoms with Crippen LogP contribution in [0.25, 0.3) is 16.9 Å². The number of aromatic nitrogens is 6. The molecule has 14 heteroatoms. The Morgan fingerprint density at radius 3 is 2.71 bits per heavy atom. The number of halogens is 2. The van der Waals surface area contributed by atoms with E-state index in [1.807, 2.05) is 6.20 Å². The molecule has 0 bridgehead atoms. The van der Waals surface area contributed by atoms with Gasteiger partial charge in [0.2, 0.25) is 5.13 Å². The minimum absolute atomic E-state index is 0.0596. The summed E-state index contributed by atoms with van der Waals surface area (Å²) < 4.78 is 33.9. The molecule has 1 N–H and O–H groups in total. The van der Waals surface area contributed by atoms with E-state index in [0.717, 1.165) is 23.1 Å². The summed E-state index contributed by atoms with van der Waals surface area (Å²) in [7, 11) is 1.37. The summed E-state index contributed by atoms with van der Waals surface area (Å²) in [5.74, 6) is 0.343. The lowest BCUT2D eigenvalue weighted by atomic mass is 10.00. The van der Waals surface area contributed by atoms with Gasteiger partial charge in [0.1, 0.15) is 22.3 Å². The van der Waals surface area contributed by atoms with Crippen LogP contribution in [0.4, 0.5) is 13.9 Å². The molecule has 1 saturated carbocycles. The number of nitrogens with zero attached hydrogens (tertiary/aromatic N) is 6. The predicted molar refractivity (Wildman–Crippen MR) is 149 cm³/mol. The van der Waals surface area contributed by atoms with Crippen LogP contribution < -0.4 is 15.6 Å². The van der Waals surface area contributed by atoms with Gasteiger partial charge in [-0.15, -0.1) is 21.5 Å². The van der Waals surface area contributed by atoms with E-state index in [0.29, 0.717) is 11.0 Å². The Kier molecular flexibility index (Phi) is 7.09. The highest BCUT2D eigenvalue weighted by atomic mass is 32.1. The van der Waals surface area contributed by atoms with Crippen molar-refractivity contribution < 1.29 is 18.3 Å². The molecule has 0 aromatic carbocycles. The lowest BCUT2D eigenvalue weighted by Gasteiger charge is -2.15. The van der Waals surface area contributed by atoms with Gasteiger partial charge < -0.3 is 4.74 Å². The molecule has 5 aromatic heterocycles. The van der Waals surface area contributed by atoms with Gasteiger partial charge >= 0.3 is 0 Å². The zero-order chi connectivity index (χ0) is 28.7. The number of amides is 1. The first-order valence-corrected chi connectivity index (χ1v) is 14.1. The van der Waals surface area contributed by atoms with Crippen molar-refractivity contribution in [2.45, 2.75) is 31.6 Å². The van der Waals surface area contributed by atoms with E-state index in [2.05, 4.69) is 30.5 Å². The number of carbonyl (C=O) groups excluding carboxylic acids is 1. The van der Waals surface area contributed by atoms with E-state index < -0.39 is 18.0 Å². The summed E-state index contributed by atoms with van der Waals surface area (Å²) in [6, 6.07) is 5.81. The minimum Gasteiger partial charge on any atom is -0.494 e. The van der Waals surface area contributed by atoms with Crippen LogP contribution in [0.2, 0.25) is 0 Å². The van der Waals surface area contributed by atoms with Gasteiger partial charge in [-0.1, -0.05) is 11.3 Å². The van der Waals surface area contributed by atoms with Crippen molar-refractivity contribution in [3.8, 4) is 22.7 Å². The molecule has 41 heavy (non-hydrogen) atoms. The molecule has 1 amide bonds. The number of aryl methyl sites for hydroxylation is 1. The van der Waals surface area contributed by atoms with Crippen molar-refractivity contribution in [1.82, 2.24) is 29.7 Å². The zero-order valence-corrected chi connectivity index (χ0v) is 23.2. The average molecular weight is 594 g/mol. The van der Waals surface area contributed by atoms with Crippen molar-refractivity contribution in [2.75, 3.05) is 12.4 Å². The van der Waals surface area contributed by atoms with Gasteiger partial charge in [0.05, 0.1) is 24.4 Å². The Labute approximate surface area is 239 Å². The topological polar surface area (TPSA) is 125 Å². The monoisotopic (exact) mass is 593 g/mol. The lowest BCUT2D eigenvalue weighted by Crippen LogP contribution is -2.19. The Hall–Kier alpha value is -4.43. The molecule has 10 nitrogen and oxygen atoms in total. The van der Waals surface area contributed by atoms with Gasteiger partial charge in [-0.05, 0) is 37.1 Å². The van der Waals surface area contributed by atoms with Gasteiger partial charge in [-0.3, -0.25) is 29.4 Å². The van der Waals surface area contributed by atoms with E-state index in [4.69, 9.17) is 4.74 Å².